The van der Waals surface area contributed by atoms with Crippen LogP contribution in [-0.2, 0) is 0 Å². The Kier molecular flexibility index (Phi) is 3.83. The third-order valence-corrected chi connectivity index (χ3v) is 4.38. The van der Waals surface area contributed by atoms with Gasteiger partial charge in [0.15, 0.2) is 11.0 Å². The number of anilines is 2. The van der Waals surface area contributed by atoms with Crippen molar-refractivity contribution in [2.75, 3.05) is 5.32 Å². The average Bonchev–Trinajstić information content (AvgIpc) is 2.48. The highest BCUT2D eigenvalue weighted by atomic mass is 79.9. The highest BCUT2D eigenvalue weighted by molar-refractivity contribution is 9.10. The van der Waals surface area contributed by atoms with Crippen LogP contribution in [0.1, 0.15) is 11.1 Å². The molecule has 0 radical (unpaired) electrons. The summed E-state index contributed by atoms with van der Waals surface area (Å²) in [5, 5.41) is 14.2. The normalized spacial score (nSPS) is 10.9. The zero-order valence-electron chi connectivity index (χ0n) is 11.6. The van der Waals surface area contributed by atoms with Crippen LogP contribution in [-0.4, -0.2) is 10.2 Å². The number of benzene rings is 2. The minimum absolute atomic E-state index is 0.446. The van der Waals surface area contributed by atoms with E-state index in [1.54, 1.807) is 0 Å². The first-order chi connectivity index (χ1) is 10.0. The Morgan fingerprint density at radius 2 is 1.67 bits per heavy atom. The van der Waals surface area contributed by atoms with E-state index >= 15 is 0 Å². The second-order valence-electron chi connectivity index (χ2n) is 4.92. The zero-order valence-corrected chi connectivity index (χ0v) is 14.0. The molecule has 0 fully saturated rings. The van der Waals surface area contributed by atoms with E-state index in [-0.39, 0.29) is 0 Å². The molecule has 0 atom stereocenters. The van der Waals surface area contributed by atoms with E-state index in [0.717, 1.165) is 27.1 Å². The Bertz CT molecular complexity index is 833. The van der Waals surface area contributed by atoms with Gasteiger partial charge in [-0.25, -0.2) is 0 Å². The maximum atomic E-state index is 5.98. The van der Waals surface area contributed by atoms with Crippen molar-refractivity contribution in [3.05, 3.63) is 57.2 Å². The highest BCUT2D eigenvalue weighted by Crippen LogP contribution is 2.27. The van der Waals surface area contributed by atoms with Gasteiger partial charge in [-0.1, -0.05) is 39.7 Å². The van der Waals surface area contributed by atoms with Crippen LogP contribution in [0.5, 0.6) is 0 Å². The fourth-order valence-corrected chi connectivity index (χ4v) is 2.68. The molecule has 0 spiro atoms. The van der Waals surface area contributed by atoms with Crippen LogP contribution in [0.2, 0.25) is 5.15 Å². The molecule has 21 heavy (non-hydrogen) atoms. The number of halogens is 2. The van der Waals surface area contributed by atoms with Crippen LogP contribution in [0.4, 0.5) is 11.5 Å². The predicted octanol–water partition coefficient (Wildman–Crippen LogP) is 5.41. The Labute approximate surface area is 136 Å². The molecule has 0 saturated heterocycles. The molecule has 3 nitrogen and oxygen atoms in total. The molecule has 3 rings (SSSR count). The van der Waals surface area contributed by atoms with Gasteiger partial charge in [0.1, 0.15) is 0 Å². The van der Waals surface area contributed by atoms with Crippen molar-refractivity contribution in [1.29, 1.82) is 0 Å². The largest absolute Gasteiger partial charge is 0.338 e. The molecule has 0 unspecified atom stereocenters. The van der Waals surface area contributed by atoms with Crippen LogP contribution in [0.3, 0.4) is 0 Å². The molecule has 0 amide bonds. The summed E-state index contributed by atoms with van der Waals surface area (Å²) in [7, 11) is 0. The molecule has 3 aromatic rings. The van der Waals surface area contributed by atoms with Crippen molar-refractivity contribution in [2.45, 2.75) is 13.8 Å². The van der Waals surface area contributed by atoms with Gasteiger partial charge < -0.3 is 5.32 Å². The molecule has 0 aliphatic carbocycles. The fraction of sp³-hybridized carbons (Fsp3) is 0.125. The summed E-state index contributed by atoms with van der Waals surface area (Å²) in [5.74, 6) is 0.730. The first-order valence-corrected chi connectivity index (χ1v) is 7.67. The molecule has 0 bridgehead atoms. The van der Waals surface area contributed by atoms with E-state index < -0.39 is 0 Å². The SMILES string of the molecule is Cc1c(Cl)nnc(Nc2ccc3cc(Br)ccc3c2)c1C. The molecule has 106 valence electrons. The third kappa shape index (κ3) is 2.87. The standard InChI is InChI=1S/C16H13BrClN3/c1-9-10(2)16(21-20-15(9)18)19-14-6-4-11-7-13(17)5-3-12(11)8-14/h3-8H,1-2H3,(H,19,21). The Morgan fingerprint density at radius 1 is 0.952 bits per heavy atom. The van der Waals surface area contributed by atoms with Gasteiger partial charge in [0.05, 0.1) is 0 Å². The van der Waals surface area contributed by atoms with E-state index in [4.69, 9.17) is 11.6 Å². The van der Waals surface area contributed by atoms with Crippen LogP contribution >= 0.6 is 27.5 Å². The maximum absolute atomic E-state index is 5.98. The lowest BCUT2D eigenvalue weighted by atomic mass is 10.1. The minimum atomic E-state index is 0.446. The van der Waals surface area contributed by atoms with Gasteiger partial charge in [-0.2, -0.15) is 0 Å². The van der Waals surface area contributed by atoms with E-state index in [1.165, 1.54) is 10.8 Å². The highest BCUT2D eigenvalue weighted by Gasteiger charge is 2.08. The predicted molar refractivity (Wildman–Crippen MR) is 91.4 cm³/mol. The summed E-state index contributed by atoms with van der Waals surface area (Å²) < 4.78 is 1.07. The molecule has 0 aliphatic rings. The quantitative estimate of drug-likeness (QED) is 0.662. The van der Waals surface area contributed by atoms with Crippen molar-refractivity contribution in [2.24, 2.45) is 0 Å². The first-order valence-electron chi connectivity index (χ1n) is 6.50. The lowest BCUT2D eigenvalue weighted by Crippen LogP contribution is -2.01. The van der Waals surface area contributed by atoms with Crippen molar-refractivity contribution >= 4 is 49.8 Å². The van der Waals surface area contributed by atoms with Gasteiger partial charge in [0.2, 0.25) is 0 Å². The molecule has 0 saturated carbocycles. The molecule has 1 N–H and O–H groups in total. The Morgan fingerprint density at radius 3 is 2.48 bits per heavy atom. The van der Waals surface area contributed by atoms with Crippen LogP contribution in [0.15, 0.2) is 40.9 Å². The molecule has 1 heterocycles. The Hall–Kier alpha value is -1.65. The zero-order chi connectivity index (χ0) is 15.0. The number of fused-ring (bicyclic) bond motifs is 1. The van der Waals surface area contributed by atoms with Crippen molar-refractivity contribution in [1.82, 2.24) is 10.2 Å². The van der Waals surface area contributed by atoms with Crippen LogP contribution in [0.25, 0.3) is 10.8 Å². The summed E-state index contributed by atoms with van der Waals surface area (Å²) in [6, 6.07) is 12.4. The number of nitrogens with zero attached hydrogens (tertiary/aromatic N) is 2. The van der Waals surface area contributed by atoms with Crippen LogP contribution in [0, 0.1) is 13.8 Å². The first kappa shape index (κ1) is 14.3. The smallest absolute Gasteiger partial charge is 0.156 e. The van der Waals surface area contributed by atoms with Gasteiger partial charge >= 0.3 is 0 Å². The van der Waals surface area contributed by atoms with E-state index in [9.17, 15) is 0 Å². The number of hydrogen-bond donors (Lipinski definition) is 1. The number of hydrogen-bond acceptors (Lipinski definition) is 3. The van der Waals surface area contributed by atoms with Gasteiger partial charge in [0, 0.05) is 10.2 Å². The minimum Gasteiger partial charge on any atom is -0.338 e. The molecule has 0 aliphatic heterocycles. The number of rotatable bonds is 2. The van der Waals surface area contributed by atoms with E-state index in [2.05, 4.69) is 55.7 Å². The van der Waals surface area contributed by atoms with E-state index in [1.807, 2.05) is 26.0 Å². The molecular weight excluding hydrogens is 350 g/mol. The van der Waals surface area contributed by atoms with Gasteiger partial charge in [-0.3, -0.25) is 0 Å². The van der Waals surface area contributed by atoms with E-state index in [0.29, 0.717) is 5.15 Å². The molecular formula is C16H13BrClN3. The summed E-state index contributed by atoms with van der Waals surface area (Å²) in [4.78, 5) is 0. The van der Waals surface area contributed by atoms with Crippen molar-refractivity contribution < 1.29 is 0 Å². The topological polar surface area (TPSA) is 37.8 Å². The summed E-state index contributed by atoms with van der Waals surface area (Å²) in [5.41, 5.74) is 2.92. The fourth-order valence-electron chi connectivity index (χ4n) is 2.13. The lowest BCUT2D eigenvalue weighted by molar-refractivity contribution is 1.00. The van der Waals surface area contributed by atoms with Gasteiger partial charge in [-0.15, -0.1) is 10.2 Å². The Balaban J connectivity index is 1.98. The molecule has 5 heteroatoms. The summed E-state index contributed by atoms with van der Waals surface area (Å²) >= 11 is 9.46. The summed E-state index contributed by atoms with van der Waals surface area (Å²) in [6.45, 7) is 3.92. The van der Waals surface area contributed by atoms with Gasteiger partial charge in [0.25, 0.3) is 0 Å². The summed E-state index contributed by atoms with van der Waals surface area (Å²) in [6.07, 6.45) is 0. The van der Waals surface area contributed by atoms with Gasteiger partial charge in [-0.05, 0) is 60.0 Å². The third-order valence-electron chi connectivity index (χ3n) is 3.53. The average molecular weight is 363 g/mol. The second kappa shape index (κ2) is 5.62. The molecule has 2 aromatic carbocycles. The maximum Gasteiger partial charge on any atom is 0.156 e. The van der Waals surface area contributed by atoms with Crippen LogP contribution < -0.4 is 5.32 Å². The number of nitrogens with one attached hydrogen (secondary N) is 1. The monoisotopic (exact) mass is 361 g/mol. The lowest BCUT2D eigenvalue weighted by Gasteiger charge is -2.11. The molecule has 1 aromatic heterocycles. The van der Waals surface area contributed by atoms with Crippen molar-refractivity contribution in [3.63, 3.8) is 0 Å². The second-order valence-corrected chi connectivity index (χ2v) is 6.19. The van der Waals surface area contributed by atoms with Crippen molar-refractivity contribution in [3.8, 4) is 0 Å². The number of aromatic nitrogens is 2.